The average Bonchev–Trinajstić information content (AvgIpc) is 2.18. The fraction of sp³-hybridized carbons (Fsp3) is 0.462. The Balaban J connectivity index is 2.62. The molecule has 0 atom stereocenters. The maximum atomic E-state index is 11.8. The fourth-order valence-corrected chi connectivity index (χ4v) is 1.70. The molecule has 1 aromatic rings. The van der Waals surface area contributed by atoms with Gasteiger partial charge < -0.3 is 10.4 Å². The first kappa shape index (κ1) is 14.2. The summed E-state index contributed by atoms with van der Waals surface area (Å²) in [6.07, 6.45) is 3.36. The van der Waals surface area contributed by atoms with E-state index in [1.807, 2.05) is 6.92 Å². The van der Waals surface area contributed by atoms with E-state index in [1.165, 1.54) is 0 Å². The second-order valence-electron chi connectivity index (χ2n) is 5.15. The summed E-state index contributed by atoms with van der Waals surface area (Å²) in [5.41, 5.74) is 1.02. The van der Waals surface area contributed by atoms with Gasteiger partial charge in [-0.3, -0.25) is 14.6 Å². The van der Waals surface area contributed by atoms with Crippen molar-refractivity contribution in [2.75, 3.05) is 5.32 Å². The zero-order chi connectivity index (χ0) is 13.8. The highest BCUT2D eigenvalue weighted by Gasteiger charge is 2.25. The van der Waals surface area contributed by atoms with Crippen LogP contribution in [0.3, 0.4) is 0 Å². The lowest BCUT2D eigenvalue weighted by molar-refractivity contribution is -0.139. The maximum absolute atomic E-state index is 11.8. The van der Waals surface area contributed by atoms with Crippen LogP contribution in [0.25, 0.3) is 0 Å². The van der Waals surface area contributed by atoms with Crippen molar-refractivity contribution < 1.29 is 14.7 Å². The van der Waals surface area contributed by atoms with Crippen LogP contribution in [0.15, 0.2) is 18.5 Å². The fourth-order valence-electron chi connectivity index (χ4n) is 1.70. The van der Waals surface area contributed by atoms with E-state index in [4.69, 9.17) is 5.11 Å². The van der Waals surface area contributed by atoms with E-state index in [2.05, 4.69) is 10.3 Å². The molecule has 0 aliphatic heterocycles. The number of aryl methyl sites for hydroxylation is 1. The number of aliphatic carboxylic acids is 1. The van der Waals surface area contributed by atoms with Crippen LogP contribution in [-0.2, 0) is 9.59 Å². The molecule has 0 aliphatic rings. The zero-order valence-corrected chi connectivity index (χ0v) is 10.9. The Labute approximate surface area is 106 Å². The third-order valence-electron chi connectivity index (χ3n) is 2.58. The lowest BCUT2D eigenvalue weighted by atomic mass is 9.85. The molecule has 0 bridgehead atoms. The van der Waals surface area contributed by atoms with Crippen molar-refractivity contribution in [3.05, 3.63) is 24.0 Å². The standard InChI is InChI=1S/C13H18N2O3/c1-9-4-5-14-8-10(9)15-11(16)6-13(2,3)7-12(17)18/h4-5,8H,6-7H2,1-3H3,(H,15,16)(H,17,18). The monoisotopic (exact) mass is 250 g/mol. The molecule has 1 aromatic heterocycles. The number of amides is 1. The molecule has 18 heavy (non-hydrogen) atoms. The average molecular weight is 250 g/mol. The Morgan fingerprint density at radius 1 is 1.39 bits per heavy atom. The van der Waals surface area contributed by atoms with Crippen LogP contribution in [0.2, 0.25) is 0 Å². The van der Waals surface area contributed by atoms with E-state index in [0.717, 1.165) is 5.56 Å². The molecule has 0 aliphatic carbocycles. The number of anilines is 1. The molecule has 1 heterocycles. The predicted molar refractivity (Wildman–Crippen MR) is 68.3 cm³/mol. The van der Waals surface area contributed by atoms with Crippen molar-refractivity contribution in [1.29, 1.82) is 0 Å². The van der Waals surface area contributed by atoms with Crippen molar-refractivity contribution in [2.24, 2.45) is 5.41 Å². The first-order chi connectivity index (χ1) is 8.30. The molecule has 0 unspecified atom stereocenters. The molecule has 5 nitrogen and oxygen atoms in total. The number of aromatic nitrogens is 1. The number of rotatable bonds is 5. The van der Waals surface area contributed by atoms with Crippen LogP contribution in [0.4, 0.5) is 5.69 Å². The van der Waals surface area contributed by atoms with Crippen LogP contribution in [0, 0.1) is 12.3 Å². The van der Waals surface area contributed by atoms with Gasteiger partial charge in [-0.2, -0.15) is 0 Å². The lowest BCUT2D eigenvalue weighted by Gasteiger charge is -2.21. The number of carboxylic acids is 1. The van der Waals surface area contributed by atoms with E-state index in [0.29, 0.717) is 5.69 Å². The minimum atomic E-state index is -0.898. The molecule has 0 spiro atoms. The predicted octanol–water partition coefficient (Wildman–Crippen LogP) is 2.22. The highest BCUT2D eigenvalue weighted by molar-refractivity contribution is 5.91. The number of pyridine rings is 1. The van der Waals surface area contributed by atoms with E-state index in [-0.39, 0.29) is 18.7 Å². The molecule has 98 valence electrons. The van der Waals surface area contributed by atoms with Crippen LogP contribution in [0.5, 0.6) is 0 Å². The Morgan fingerprint density at radius 3 is 2.61 bits per heavy atom. The van der Waals surface area contributed by atoms with E-state index >= 15 is 0 Å². The van der Waals surface area contributed by atoms with Gasteiger partial charge in [0.1, 0.15) is 0 Å². The Hall–Kier alpha value is -1.91. The van der Waals surface area contributed by atoms with E-state index < -0.39 is 11.4 Å². The van der Waals surface area contributed by atoms with Gasteiger partial charge in [-0.15, -0.1) is 0 Å². The summed E-state index contributed by atoms with van der Waals surface area (Å²) in [7, 11) is 0. The van der Waals surface area contributed by atoms with Gasteiger partial charge in [-0.05, 0) is 24.0 Å². The molecule has 0 saturated carbocycles. The minimum absolute atomic E-state index is 0.0353. The van der Waals surface area contributed by atoms with Crippen molar-refractivity contribution >= 4 is 17.6 Å². The smallest absolute Gasteiger partial charge is 0.303 e. The quantitative estimate of drug-likeness (QED) is 0.839. The number of carboxylic acid groups (broad SMARTS) is 1. The second-order valence-corrected chi connectivity index (χ2v) is 5.15. The Morgan fingerprint density at radius 2 is 2.06 bits per heavy atom. The molecular weight excluding hydrogens is 232 g/mol. The largest absolute Gasteiger partial charge is 0.481 e. The number of carbonyl (C=O) groups excluding carboxylic acids is 1. The van der Waals surface area contributed by atoms with Crippen LogP contribution in [-0.4, -0.2) is 22.0 Å². The van der Waals surface area contributed by atoms with Crippen LogP contribution in [0.1, 0.15) is 32.3 Å². The highest BCUT2D eigenvalue weighted by atomic mass is 16.4. The second kappa shape index (κ2) is 5.62. The summed E-state index contributed by atoms with van der Waals surface area (Å²) in [5.74, 6) is -1.09. The summed E-state index contributed by atoms with van der Waals surface area (Å²) in [6.45, 7) is 5.40. The van der Waals surface area contributed by atoms with Gasteiger partial charge in [0.25, 0.3) is 0 Å². The van der Waals surface area contributed by atoms with Crippen molar-refractivity contribution in [3.63, 3.8) is 0 Å². The van der Waals surface area contributed by atoms with Gasteiger partial charge in [-0.1, -0.05) is 13.8 Å². The van der Waals surface area contributed by atoms with Crippen LogP contribution >= 0.6 is 0 Å². The molecule has 0 radical (unpaired) electrons. The molecular formula is C13H18N2O3. The summed E-state index contributed by atoms with van der Waals surface area (Å²) in [5, 5.41) is 11.5. The normalized spacial score (nSPS) is 11.1. The van der Waals surface area contributed by atoms with Gasteiger partial charge in [0.15, 0.2) is 0 Å². The summed E-state index contributed by atoms with van der Waals surface area (Å²) >= 11 is 0. The molecule has 1 amide bonds. The van der Waals surface area contributed by atoms with E-state index in [9.17, 15) is 9.59 Å². The Bertz CT molecular complexity index is 455. The molecule has 1 rings (SSSR count). The molecule has 5 heteroatoms. The molecule has 0 aromatic carbocycles. The molecule has 0 fully saturated rings. The minimum Gasteiger partial charge on any atom is -0.481 e. The summed E-state index contributed by atoms with van der Waals surface area (Å²) in [6, 6.07) is 1.80. The number of nitrogens with one attached hydrogen (secondary N) is 1. The van der Waals surface area contributed by atoms with Gasteiger partial charge in [0, 0.05) is 12.6 Å². The number of hydrogen-bond acceptors (Lipinski definition) is 3. The third kappa shape index (κ3) is 4.53. The number of nitrogens with zero attached hydrogens (tertiary/aromatic N) is 1. The summed E-state index contributed by atoms with van der Waals surface area (Å²) < 4.78 is 0. The highest BCUT2D eigenvalue weighted by Crippen LogP contribution is 2.25. The van der Waals surface area contributed by atoms with Crippen molar-refractivity contribution in [2.45, 2.75) is 33.6 Å². The van der Waals surface area contributed by atoms with Gasteiger partial charge >= 0.3 is 5.97 Å². The zero-order valence-electron chi connectivity index (χ0n) is 10.9. The topological polar surface area (TPSA) is 79.3 Å². The lowest BCUT2D eigenvalue weighted by Crippen LogP contribution is -2.25. The first-order valence-corrected chi connectivity index (χ1v) is 5.72. The third-order valence-corrected chi connectivity index (χ3v) is 2.58. The SMILES string of the molecule is Cc1ccncc1NC(=O)CC(C)(C)CC(=O)O. The Kier molecular flexibility index (Phi) is 4.42. The number of carbonyl (C=O) groups is 2. The maximum Gasteiger partial charge on any atom is 0.303 e. The molecule has 2 N–H and O–H groups in total. The van der Waals surface area contributed by atoms with Crippen molar-refractivity contribution in [3.8, 4) is 0 Å². The van der Waals surface area contributed by atoms with Gasteiger partial charge in [0.2, 0.25) is 5.91 Å². The number of hydrogen-bond donors (Lipinski definition) is 2. The van der Waals surface area contributed by atoms with Gasteiger partial charge in [0.05, 0.1) is 18.3 Å². The van der Waals surface area contributed by atoms with E-state index in [1.54, 1.807) is 32.3 Å². The van der Waals surface area contributed by atoms with Gasteiger partial charge in [-0.25, -0.2) is 0 Å². The van der Waals surface area contributed by atoms with Crippen molar-refractivity contribution in [1.82, 2.24) is 4.98 Å². The summed E-state index contributed by atoms with van der Waals surface area (Å²) in [4.78, 5) is 26.4. The van der Waals surface area contributed by atoms with Crippen LogP contribution < -0.4 is 5.32 Å². The first-order valence-electron chi connectivity index (χ1n) is 5.72. The molecule has 0 saturated heterocycles.